The molecule has 0 bridgehead atoms. The minimum atomic E-state index is -1.04. The van der Waals surface area contributed by atoms with Gasteiger partial charge in [-0.05, 0) is 34.9 Å². The Morgan fingerprint density at radius 3 is 2.38 bits per heavy atom. The van der Waals surface area contributed by atoms with E-state index in [9.17, 15) is 24.7 Å². The van der Waals surface area contributed by atoms with Gasteiger partial charge in [-0.15, -0.1) is 0 Å². The van der Waals surface area contributed by atoms with E-state index < -0.39 is 30.2 Å². The lowest BCUT2D eigenvalue weighted by Crippen LogP contribution is -2.42. The van der Waals surface area contributed by atoms with Crippen LogP contribution in [0.2, 0.25) is 0 Å². The SMILES string of the molecule is CC1C(CSc2cccc[n+]2[O-])OC(c2ccc(N3C(=O)CC(NC(=O)OCc4ccccc4)C3=O)cc2)OC1c1ccc(CO)cc1. The lowest BCUT2D eigenvalue weighted by atomic mass is 9.91. The fourth-order valence-electron chi connectivity index (χ4n) is 5.71. The topological polar surface area (TPSA) is 141 Å². The Bertz CT molecular complexity index is 1740. The number of nitrogens with one attached hydrogen (secondary N) is 1. The third kappa shape index (κ3) is 7.52. The van der Waals surface area contributed by atoms with Gasteiger partial charge in [-0.1, -0.05) is 85.4 Å². The quantitative estimate of drug-likeness (QED) is 0.104. The highest BCUT2D eigenvalue weighted by atomic mass is 32.2. The van der Waals surface area contributed by atoms with Crippen LogP contribution in [0.3, 0.4) is 0 Å². The van der Waals surface area contributed by atoms with Crippen molar-refractivity contribution in [3.05, 3.63) is 131 Å². The van der Waals surface area contributed by atoms with Gasteiger partial charge >= 0.3 is 6.09 Å². The van der Waals surface area contributed by atoms with Crippen molar-refractivity contribution in [3.63, 3.8) is 0 Å². The van der Waals surface area contributed by atoms with Crippen molar-refractivity contribution >= 4 is 35.4 Å². The van der Waals surface area contributed by atoms with Gasteiger partial charge in [-0.25, -0.2) is 9.69 Å². The Morgan fingerprint density at radius 1 is 0.958 bits per heavy atom. The number of aromatic nitrogens is 1. The predicted molar refractivity (Wildman–Crippen MR) is 176 cm³/mol. The fourth-order valence-corrected chi connectivity index (χ4v) is 6.79. The lowest BCUT2D eigenvalue weighted by Gasteiger charge is -2.41. The number of nitrogens with zero attached hydrogens (tertiary/aromatic N) is 2. The molecule has 248 valence electrons. The Balaban J connectivity index is 1.15. The minimum absolute atomic E-state index is 0.0378. The van der Waals surface area contributed by atoms with Crippen molar-refractivity contribution in [1.82, 2.24) is 5.32 Å². The third-order valence-electron chi connectivity index (χ3n) is 8.38. The van der Waals surface area contributed by atoms with Gasteiger partial charge in [0, 0.05) is 29.4 Å². The number of anilines is 1. The molecule has 0 saturated carbocycles. The van der Waals surface area contributed by atoms with Crippen LogP contribution in [0, 0.1) is 11.1 Å². The van der Waals surface area contributed by atoms with Gasteiger partial charge in [0.2, 0.25) is 5.91 Å². The maximum atomic E-state index is 13.2. The number of aliphatic hydroxyl groups excluding tert-OH is 1. The molecule has 48 heavy (non-hydrogen) atoms. The number of benzene rings is 3. The van der Waals surface area contributed by atoms with Gasteiger partial charge in [0.1, 0.15) is 12.6 Å². The highest BCUT2D eigenvalue weighted by molar-refractivity contribution is 7.99. The van der Waals surface area contributed by atoms with Crippen molar-refractivity contribution in [2.75, 3.05) is 10.7 Å². The van der Waals surface area contributed by atoms with E-state index in [4.69, 9.17) is 14.2 Å². The molecule has 1 aromatic heterocycles. The molecule has 0 aliphatic carbocycles. The monoisotopic (exact) mass is 669 g/mol. The number of carbonyl (C=O) groups excluding carboxylic acids is 3. The molecule has 3 aromatic carbocycles. The molecule has 0 spiro atoms. The molecule has 11 nitrogen and oxygen atoms in total. The summed E-state index contributed by atoms with van der Waals surface area (Å²) in [5, 5.41) is 24.9. The van der Waals surface area contributed by atoms with Crippen molar-refractivity contribution in [2.45, 2.75) is 56.1 Å². The second-order valence-corrected chi connectivity index (χ2v) is 12.7. The minimum Gasteiger partial charge on any atom is -0.618 e. The first kappa shape index (κ1) is 33.2. The van der Waals surface area contributed by atoms with Crippen molar-refractivity contribution < 1.29 is 38.4 Å². The van der Waals surface area contributed by atoms with E-state index in [2.05, 4.69) is 5.32 Å². The van der Waals surface area contributed by atoms with Crippen LogP contribution in [-0.4, -0.2) is 40.9 Å². The summed E-state index contributed by atoms with van der Waals surface area (Å²) in [6.07, 6.45) is -0.947. The normalized spacial score (nSPS) is 22.5. The number of hydrogen-bond acceptors (Lipinski definition) is 9. The number of pyridine rings is 1. The number of ether oxygens (including phenoxy) is 3. The number of carbonyl (C=O) groups is 3. The van der Waals surface area contributed by atoms with Crippen LogP contribution < -0.4 is 14.9 Å². The zero-order valence-corrected chi connectivity index (χ0v) is 27.0. The zero-order chi connectivity index (χ0) is 33.6. The first-order chi connectivity index (χ1) is 23.3. The van der Waals surface area contributed by atoms with Gasteiger partial charge in [0.15, 0.2) is 12.5 Å². The number of aliphatic hydroxyl groups is 1. The zero-order valence-electron chi connectivity index (χ0n) is 26.1. The summed E-state index contributed by atoms with van der Waals surface area (Å²) in [5.41, 5.74) is 3.54. The highest BCUT2D eigenvalue weighted by Crippen LogP contribution is 2.43. The van der Waals surface area contributed by atoms with E-state index >= 15 is 0 Å². The fraction of sp³-hybridized carbons (Fsp3) is 0.278. The van der Waals surface area contributed by atoms with Gasteiger partial charge in [0.05, 0.1) is 30.9 Å². The third-order valence-corrected chi connectivity index (χ3v) is 9.49. The molecule has 2 aliphatic heterocycles. The van der Waals surface area contributed by atoms with Crippen LogP contribution in [0.1, 0.15) is 48.0 Å². The highest BCUT2D eigenvalue weighted by Gasteiger charge is 2.42. The predicted octanol–water partition coefficient (Wildman–Crippen LogP) is 4.95. The van der Waals surface area contributed by atoms with Crippen LogP contribution in [0.25, 0.3) is 0 Å². The first-order valence-corrected chi connectivity index (χ1v) is 16.5. The van der Waals surface area contributed by atoms with E-state index in [1.807, 2.05) is 67.6 Å². The number of imide groups is 1. The summed E-state index contributed by atoms with van der Waals surface area (Å²) in [5.74, 6) is -0.584. The van der Waals surface area contributed by atoms with Gasteiger partial charge < -0.3 is 29.8 Å². The molecular formula is C36H35N3O8S. The van der Waals surface area contributed by atoms with Crippen LogP contribution >= 0.6 is 11.8 Å². The smallest absolute Gasteiger partial charge is 0.408 e. The van der Waals surface area contributed by atoms with Crippen LogP contribution in [0.5, 0.6) is 0 Å². The molecule has 2 saturated heterocycles. The summed E-state index contributed by atoms with van der Waals surface area (Å²) < 4.78 is 19.0. The van der Waals surface area contributed by atoms with Crippen LogP contribution in [0.4, 0.5) is 10.5 Å². The van der Waals surface area contributed by atoms with E-state index in [0.717, 1.165) is 26.3 Å². The molecule has 0 radical (unpaired) electrons. The summed E-state index contributed by atoms with van der Waals surface area (Å²) in [4.78, 5) is 39.5. The Labute approximate surface area is 282 Å². The van der Waals surface area contributed by atoms with E-state index in [1.54, 1.807) is 36.4 Å². The Kier molecular flexibility index (Phi) is 10.4. The van der Waals surface area contributed by atoms with Crippen LogP contribution in [-0.2, 0) is 37.0 Å². The molecule has 3 amide bonds. The number of alkyl carbamates (subject to hydrolysis) is 1. The average molecular weight is 670 g/mol. The van der Waals surface area contributed by atoms with Gasteiger partial charge in [0.25, 0.3) is 10.9 Å². The molecule has 6 rings (SSSR count). The molecule has 2 fully saturated rings. The van der Waals surface area contributed by atoms with E-state index in [1.165, 1.54) is 18.0 Å². The summed E-state index contributed by atoms with van der Waals surface area (Å²) in [7, 11) is 0. The number of hydrogen-bond donors (Lipinski definition) is 2. The average Bonchev–Trinajstić information content (AvgIpc) is 3.39. The maximum absolute atomic E-state index is 13.2. The largest absolute Gasteiger partial charge is 0.618 e. The second-order valence-electron chi connectivity index (χ2n) is 11.6. The van der Waals surface area contributed by atoms with Crippen LogP contribution in [0.15, 0.2) is 108 Å². The van der Waals surface area contributed by atoms with Gasteiger partial charge in [-0.2, -0.15) is 4.73 Å². The number of amides is 3. The summed E-state index contributed by atoms with van der Waals surface area (Å²) in [6.45, 7) is 2.01. The molecule has 2 aliphatic rings. The molecule has 12 heteroatoms. The van der Waals surface area contributed by atoms with E-state index in [-0.39, 0.29) is 37.8 Å². The van der Waals surface area contributed by atoms with Gasteiger partial charge in [-0.3, -0.25) is 9.59 Å². The van der Waals surface area contributed by atoms with Crippen molar-refractivity contribution in [2.24, 2.45) is 5.92 Å². The Hall–Kier alpha value is -4.75. The maximum Gasteiger partial charge on any atom is 0.408 e. The van der Waals surface area contributed by atoms with Crippen molar-refractivity contribution in [1.29, 1.82) is 0 Å². The molecule has 5 unspecified atom stereocenters. The lowest BCUT2D eigenvalue weighted by molar-refractivity contribution is -0.645. The second kappa shape index (κ2) is 15.0. The molecule has 2 N–H and O–H groups in total. The first-order valence-electron chi connectivity index (χ1n) is 15.6. The molecule has 5 atom stereocenters. The molecular weight excluding hydrogens is 634 g/mol. The standard InChI is InChI=1S/C36H35N3O8S/c1-23-30(22-48-32-9-5-6-18-38(32)44)46-35(47-33(23)26-12-10-24(20-40)11-13-26)27-14-16-28(17-15-27)39-31(41)19-29(34(39)42)37-36(43)45-21-25-7-3-2-4-8-25/h2-18,23,29-30,33,35,40H,19-22H2,1H3,(H,37,43). The van der Waals surface area contributed by atoms with E-state index in [0.29, 0.717) is 22.0 Å². The molecule has 4 aromatic rings. The summed E-state index contributed by atoms with van der Waals surface area (Å²) >= 11 is 1.40. The van der Waals surface area contributed by atoms with Crippen molar-refractivity contribution in [3.8, 4) is 0 Å². The number of rotatable bonds is 10. The summed E-state index contributed by atoms with van der Waals surface area (Å²) in [6, 6.07) is 27.7. The Morgan fingerprint density at radius 2 is 1.67 bits per heavy atom. The number of thioether (sulfide) groups is 1. The molecule has 3 heterocycles.